The van der Waals surface area contributed by atoms with Crippen LogP contribution in [0.15, 0.2) is 6.07 Å². The Kier molecular flexibility index (Phi) is 4.29. The predicted molar refractivity (Wildman–Crippen MR) is 77.1 cm³/mol. The van der Waals surface area contributed by atoms with Crippen LogP contribution in [0.25, 0.3) is 0 Å². The van der Waals surface area contributed by atoms with Gasteiger partial charge in [-0.05, 0) is 19.8 Å². The van der Waals surface area contributed by atoms with Gasteiger partial charge in [0.15, 0.2) is 23.3 Å². The van der Waals surface area contributed by atoms with Gasteiger partial charge in [0.25, 0.3) is 0 Å². The number of halogens is 2. The smallest absolute Gasteiger partial charge is 0.225 e. The van der Waals surface area contributed by atoms with E-state index in [0.29, 0.717) is 19.5 Å². The summed E-state index contributed by atoms with van der Waals surface area (Å²) in [5.74, 6) is -1.79. The molecule has 0 saturated carbocycles. The highest BCUT2D eigenvalue weighted by Gasteiger charge is 2.40. The van der Waals surface area contributed by atoms with Crippen LogP contribution in [0.1, 0.15) is 26.7 Å². The topological polar surface area (TPSA) is 71.2 Å². The Morgan fingerprint density at radius 1 is 1.52 bits per heavy atom. The van der Waals surface area contributed by atoms with Crippen molar-refractivity contribution in [1.82, 2.24) is 4.98 Å². The monoisotopic (exact) mass is 298 g/mol. The van der Waals surface area contributed by atoms with Crippen molar-refractivity contribution >= 4 is 17.5 Å². The number of aromatic nitrogens is 1. The molecule has 0 aliphatic carbocycles. The van der Waals surface area contributed by atoms with Gasteiger partial charge in [-0.1, -0.05) is 6.92 Å². The first-order chi connectivity index (χ1) is 9.87. The number of nitrogens with zero attached hydrogens (tertiary/aromatic N) is 2. The van der Waals surface area contributed by atoms with Gasteiger partial charge >= 0.3 is 0 Å². The summed E-state index contributed by atoms with van der Waals surface area (Å²) in [5, 5.41) is 2.83. The van der Waals surface area contributed by atoms with E-state index in [-0.39, 0.29) is 18.2 Å². The van der Waals surface area contributed by atoms with E-state index in [2.05, 4.69) is 10.3 Å². The van der Waals surface area contributed by atoms with Crippen molar-refractivity contribution in [2.45, 2.75) is 26.7 Å². The molecule has 1 unspecified atom stereocenters. The van der Waals surface area contributed by atoms with Crippen LogP contribution >= 0.6 is 0 Å². The number of nitrogens with one attached hydrogen (secondary N) is 1. The van der Waals surface area contributed by atoms with E-state index >= 15 is 0 Å². The molecule has 7 heteroatoms. The molecule has 21 heavy (non-hydrogen) atoms. The fraction of sp³-hybridized carbons (Fsp3) is 0.571. The Balaban J connectivity index is 2.26. The maximum atomic E-state index is 14.0. The third kappa shape index (κ3) is 3.06. The van der Waals surface area contributed by atoms with Crippen LogP contribution in [0.4, 0.5) is 20.4 Å². The quantitative estimate of drug-likeness (QED) is 0.870. The lowest BCUT2D eigenvalue weighted by molar-refractivity contribution is -0.125. The van der Waals surface area contributed by atoms with Gasteiger partial charge in [0, 0.05) is 25.7 Å². The average molecular weight is 298 g/mol. The van der Waals surface area contributed by atoms with Crippen LogP contribution in [0, 0.1) is 17.0 Å². The highest BCUT2D eigenvalue weighted by Crippen LogP contribution is 2.34. The van der Waals surface area contributed by atoms with Gasteiger partial charge in [-0.25, -0.2) is 13.8 Å². The second kappa shape index (κ2) is 5.83. The second-order valence-corrected chi connectivity index (χ2v) is 5.65. The highest BCUT2D eigenvalue weighted by atomic mass is 19.1. The minimum atomic E-state index is -0.733. The van der Waals surface area contributed by atoms with Gasteiger partial charge in [-0.2, -0.15) is 0 Å². The Morgan fingerprint density at radius 2 is 2.24 bits per heavy atom. The third-order valence-electron chi connectivity index (χ3n) is 3.82. The summed E-state index contributed by atoms with van der Waals surface area (Å²) in [6, 6.07) is 0.820. The van der Waals surface area contributed by atoms with Gasteiger partial charge in [-0.15, -0.1) is 0 Å². The van der Waals surface area contributed by atoms with Gasteiger partial charge in [0.05, 0.1) is 5.41 Å². The lowest BCUT2D eigenvalue weighted by Gasteiger charge is -2.22. The molecule has 1 aliphatic heterocycles. The van der Waals surface area contributed by atoms with Crippen molar-refractivity contribution in [3.63, 3.8) is 0 Å². The van der Waals surface area contributed by atoms with Crippen LogP contribution in [-0.4, -0.2) is 30.5 Å². The van der Waals surface area contributed by atoms with Gasteiger partial charge in [-0.3, -0.25) is 4.79 Å². The van der Waals surface area contributed by atoms with Crippen LogP contribution in [0.3, 0.4) is 0 Å². The summed E-state index contributed by atoms with van der Waals surface area (Å²) in [6.45, 7) is 4.97. The minimum absolute atomic E-state index is 0.0286. The molecular weight excluding hydrogens is 278 g/mol. The Bertz CT molecular complexity index is 552. The molecule has 2 rings (SSSR count). The lowest BCUT2D eigenvalue weighted by Crippen LogP contribution is -2.37. The highest BCUT2D eigenvalue weighted by molar-refractivity contribution is 5.82. The van der Waals surface area contributed by atoms with Crippen molar-refractivity contribution in [3.8, 4) is 0 Å². The molecule has 3 N–H and O–H groups in total. The van der Waals surface area contributed by atoms with E-state index in [9.17, 15) is 13.6 Å². The summed E-state index contributed by atoms with van der Waals surface area (Å²) < 4.78 is 27.6. The van der Waals surface area contributed by atoms with E-state index in [1.54, 1.807) is 11.8 Å². The van der Waals surface area contributed by atoms with E-state index in [1.807, 2.05) is 6.92 Å². The van der Waals surface area contributed by atoms with Crippen molar-refractivity contribution < 1.29 is 13.6 Å². The summed E-state index contributed by atoms with van der Waals surface area (Å²) >= 11 is 0. The van der Waals surface area contributed by atoms with E-state index < -0.39 is 23.0 Å². The van der Waals surface area contributed by atoms with Crippen LogP contribution < -0.4 is 16.0 Å². The predicted octanol–water partition coefficient (Wildman–Crippen LogP) is 1.88. The molecule has 0 bridgehead atoms. The summed E-state index contributed by atoms with van der Waals surface area (Å²) in [4.78, 5) is 17.1. The number of carbonyl (C=O) groups excluding carboxylic acids is 1. The number of primary amides is 1. The molecule has 0 spiro atoms. The molecule has 1 aromatic rings. The molecule has 0 radical (unpaired) electrons. The summed E-state index contributed by atoms with van der Waals surface area (Å²) in [7, 11) is 0. The zero-order valence-corrected chi connectivity index (χ0v) is 12.2. The Hall–Kier alpha value is -1.92. The SMILES string of the molecule is CCCNc1nc(N2CCC(C)(C(N)=O)C2)c(F)cc1F. The minimum Gasteiger partial charge on any atom is -0.369 e. The normalized spacial score (nSPS) is 21.6. The zero-order valence-electron chi connectivity index (χ0n) is 12.2. The van der Waals surface area contributed by atoms with E-state index in [1.165, 1.54) is 0 Å². The molecule has 2 heterocycles. The van der Waals surface area contributed by atoms with E-state index in [0.717, 1.165) is 12.5 Å². The van der Waals surface area contributed by atoms with Gasteiger partial charge < -0.3 is 16.0 Å². The number of amides is 1. The molecule has 5 nitrogen and oxygen atoms in total. The van der Waals surface area contributed by atoms with Crippen molar-refractivity contribution in [1.29, 1.82) is 0 Å². The standard InChI is InChI=1S/C14H20F2N4O/c1-3-5-18-11-9(15)7-10(16)12(19-11)20-6-4-14(2,8-20)13(17)21/h7H,3-6,8H2,1-2H3,(H2,17,21)(H,18,19). The number of anilines is 2. The maximum absolute atomic E-state index is 14.0. The fourth-order valence-corrected chi connectivity index (χ4v) is 2.39. The summed E-state index contributed by atoms with van der Waals surface area (Å²) in [6.07, 6.45) is 1.33. The largest absolute Gasteiger partial charge is 0.369 e. The lowest BCUT2D eigenvalue weighted by atomic mass is 9.89. The molecule has 116 valence electrons. The van der Waals surface area contributed by atoms with Crippen LogP contribution in [0.5, 0.6) is 0 Å². The van der Waals surface area contributed by atoms with Gasteiger partial charge in [0.2, 0.25) is 5.91 Å². The fourth-order valence-electron chi connectivity index (χ4n) is 2.39. The van der Waals surface area contributed by atoms with E-state index in [4.69, 9.17) is 5.73 Å². The van der Waals surface area contributed by atoms with Crippen molar-refractivity contribution in [2.24, 2.45) is 11.1 Å². The molecule has 1 aromatic heterocycles. The molecule has 1 amide bonds. The molecule has 1 atom stereocenters. The first kappa shape index (κ1) is 15.5. The van der Waals surface area contributed by atoms with Crippen LogP contribution in [0.2, 0.25) is 0 Å². The maximum Gasteiger partial charge on any atom is 0.225 e. The first-order valence-electron chi connectivity index (χ1n) is 7.02. The molecule has 1 saturated heterocycles. The van der Waals surface area contributed by atoms with Crippen LogP contribution in [-0.2, 0) is 4.79 Å². The number of hydrogen-bond donors (Lipinski definition) is 2. The number of hydrogen-bond acceptors (Lipinski definition) is 4. The summed E-state index contributed by atoms with van der Waals surface area (Å²) in [5.41, 5.74) is 4.67. The third-order valence-corrected chi connectivity index (χ3v) is 3.82. The second-order valence-electron chi connectivity index (χ2n) is 5.65. The molecular formula is C14H20F2N4O. The number of rotatable bonds is 5. The molecule has 1 aliphatic rings. The average Bonchev–Trinajstić information content (AvgIpc) is 2.82. The number of nitrogens with two attached hydrogens (primary N) is 1. The van der Waals surface area contributed by atoms with Crippen molar-refractivity contribution in [2.75, 3.05) is 29.9 Å². The zero-order chi connectivity index (χ0) is 15.6. The van der Waals surface area contributed by atoms with Crippen molar-refractivity contribution in [3.05, 3.63) is 17.7 Å². The molecule has 0 aromatic carbocycles. The Labute approximate surface area is 122 Å². The van der Waals surface area contributed by atoms with Gasteiger partial charge in [0.1, 0.15) is 0 Å². The first-order valence-corrected chi connectivity index (χ1v) is 7.02. The Morgan fingerprint density at radius 3 is 2.81 bits per heavy atom. The number of carbonyl (C=O) groups is 1. The number of pyridine rings is 1. The molecule has 1 fully saturated rings.